The largest absolute Gasteiger partial charge is 0.368 e. The van der Waals surface area contributed by atoms with Gasteiger partial charge < -0.3 is 19.5 Å². The lowest BCUT2D eigenvalue weighted by molar-refractivity contribution is -0.213. The Hall–Kier alpha value is -0.850. The Morgan fingerprint density at radius 1 is 1.41 bits per heavy atom. The predicted octanol–water partition coefficient (Wildman–Crippen LogP) is 0.291. The van der Waals surface area contributed by atoms with Crippen LogP contribution >= 0.6 is 0 Å². The fourth-order valence-corrected chi connectivity index (χ4v) is 2.25. The van der Waals surface area contributed by atoms with Gasteiger partial charge in [-0.25, -0.2) is 0 Å². The van der Waals surface area contributed by atoms with Crippen LogP contribution in [0.1, 0.15) is 13.8 Å². The van der Waals surface area contributed by atoms with Crippen molar-refractivity contribution in [2.45, 2.75) is 37.8 Å². The third-order valence-electron chi connectivity index (χ3n) is 3.10. The van der Waals surface area contributed by atoms with Crippen LogP contribution in [0, 0.1) is 5.53 Å². The Bertz CT molecular complexity index is 289. The standard InChI is InChI=1S/C8H15N4O3.C2H6/c1-13-8(14-2)4-15-6-5(11-12-9)3-10-7(6)8;1-2/h5-7,9-10H,3-4H2,1-2H3;1-2H3/q+1;/t5?,6-,7+;/m1./s1. The van der Waals surface area contributed by atoms with Crippen LogP contribution in [0.3, 0.4) is 0 Å². The molecular formula is C10H21N4O3+. The summed E-state index contributed by atoms with van der Waals surface area (Å²) in [5.41, 5.74) is 6.72. The van der Waals surface area contributed by atoms with Crippen LogP contribution in [0.25, 0.3) is 0 Å². The van der Waals surface area contributed by atoms with E-state index in [4.69, 9.17) is 19.7 Å². The highest BCUT2D eigenvalue weighted by molar-refractivity contribution is 5.07. The van der Waals surface area contributed by atoms with E-state index >= 15 is 0 Å². The molecule has 7 nitrogen and oxygen atoms in total. The van der Waals surface area contributed by atoms with E-state index in [0.29, 0.717) is 13.2 Å². The molecule has 0 aromatic carbocycles. The van der Waals surface area contributed by atoms with Crippen molar-refractivity contribution in [2.24, 2.45) is 5.11 Å². The fourth-order valence-electron chi connectivity index (χ4n) is 2.25. The summed E-state index contributed by atoms with van der Waals surface area (Å²) in [5.74, 6) is -0.739. The van der Waals surface area contributed by atoms with E-state index in [9.17, 15) is 0 Å². The first-order valence-electron chi connectivity index (χ1n) is 5.79. The molecule has 98 valence electrons. The summed E-state index contributed by atoms with van der Waals surface area (Å²) < 4.78 is 16.3. The smallest absolute Gasteiger partial charge is 0.214 e. The number of ether oxygens (including phenoxy) is 3. The van der Waals surface area contributed by atoms with Crippen molar-refractivity contribution in [2.75, 3.05) is 27.4 Å². The Morgan fingerprint density at radius 2 is 2.06 bits per heavy atom. The van der Waals surface area contributed by atoms with Crippen LogP contribution in [0.15, 0.2) is 5.11 Å². The summed E-state index contributed by atoms with van der Waals surface area (Å²) in [6, 6.07) is -0.178. The molecule has 0 amide bonds. The molecule has 0 aliphatic carbocycles. The lowest BCUT2D eigenvalue weighted by Gasteiger charge is -2.29. The zero-order chi connectivity index (χ0) is 12.9. The topological polar surface area (TPSA) is 90.0 Å². The maximum atomic E-state index is 6.72. The van der Waals surface area contributed by atoms with E-state index in [2.05, 4.69) is 15.3 Å². The van der Waals surface area contributed by atoms with Gasteiger partial charge in [0.1, 0.15) is 23.4 Å². The van der Waals surface area contributed by atoms with Crippen LogP contribution in [0.5, 0.6) is 0 Å². The number of rotatable bonds is 3. The van der Waals surface area contributed by atoms with Crippen LogP contribution in [0.4, 0.5) is 0 Å². The molecule has 0 aromatic rings. The van der Waals surface area contributed by atoms with Crippen molar-refractivity contribution < 1.29 is 14.2 Å². The van der Waals surface area contributed by atoms with E-state index in [1.165, 1.54) is 0 Å². The molecule has 0 aromatic heterocycles. The van der Waals surface area contributed by atoms with Gasteiger partial charge in [0.15, 0.2) is 6.04 Å². The summed E-state index contributed by atoms with van der Waals surface area (Å²) in [6.45, 7) is 5.00. The summed E-state index contributed by atoms with van der Waals surface area (Å²) >= 11 is 0. The molecule has 2 saturated heterocycles. The Labute approximate surface area is 101 Å². The predicted molar refractivity (Wildman–Crippen MR) is 60.7 cm³/mol. The van der Waals surface area contributed by atoms with Gasteiger partial charge in [-0.3, -0.25) is 0 Å². The molecule has 0 bridgehead atoms. The van der Waals surface area contributed by atoms with Gasteiger partial charge in [-0.1, -0.05) is 13.8 Å². The van der Waals surface area contributed by atoms with Crippen LogP contribution in [-0.2, 0) is 14.2 Å². The highest BCUT2D eigenvalue weighted by Gasteiger charge is 2.58. The Balaban J connectivity index is 0.000000686. The first-order valence-corrected chi connectivity index (χ1v) is 5.79. The highest BCUT2D eigenvalue weighted by atomic mass is 16.7. The summed E-state index contributed by atoms with van der Waals surface area (Å²) in [4.78, 5) is 3.05. The normalized spacial score (nSPS) is 33.3. The maximum Gasteiger partial charge on any atom is 0.214 e. The Morgan fingerprint density at radius 3 is 2.59 bits per heavy atom. The first-order chi connectivity index (χ1) is 8.27. The molecule has 2 N–H and O–H groups in total. The summed E-state index contributed by atoms with van der Waals surface area (Å²) in [5, 5.41) is 7.03. The average Bonchev–Trinajstić information content (AvgIpc) is 2.94. The second kappa shape index (κ2) is 6.18. The van der Waals surface area contributed by atoms with Gasteiger partial charge in [0.05, 0.1) is 6.04 Å². The second-order valence-electron chi connectivity index (χ2n) is 3.66. The van der Waals surface area contributed by atoms with E-state index in [-0.39, 0.29) is 18.2 Å². The monoisotopic (exact) mass is 245 g/mol. The average molecular weight is 245 g/mol. The number of hydrogen-bond donors (Lipinski definition) is 2. The van der Waals surface area contributed by atoms with E-state index in [1.54, 1.807) is 14.2 Å². The summed E-state index contributed by atoms with van der Waals surface area (Å²) in [6.07, 6.45) is -0.126. The van der Waals surface area contributed by atoms with E-state index in [1.807, 2.05) is 13.8 Å². The molecule has 17 heavy (non-hydrogen) atoms. The molecule has 0 saturated carbocycles. The highest BCUT2D eigenvalue weighted by Crippen LogP contribution is 2.34. The minimum atomic E-state index is -0.739. The van der Waals surface area contributed by atoms with Crippen molar-refractivity contribution >= 4 is 0 Å². The molecule has 2 rings (SSSR count). The molecule has 2 heterocycles. The molecular weight excluding hydrogens is 224 g/mol. The van der Waals surface area contributed by atoms with Crippen LogP contribution in [-0.4, -0.2) is 51.3 Å². The van der Waals surface area contributed by atoms with Crippen molar-refractivity contribution in [3.05, 3.63) is 0 Å². The van der Waals surface area contributed by atoms with Crippen LogP contribution in [0.2, 0.25) is 0 Å². The molecule has 0 spiro atoms. The third-order valence-corrected chi connectivity index (χ3v) is 3.10. The third kappa shape index (κ3) is 2.38. The van der Waals surface area contributed by atoms with Gasteiger partial charge in [-0.05, 0) is 0 Å². The van der Waals surface area contributed by atoms with Crippen molar-refractivity contribution in [1.82, 2.24) is 10.2 Å². The van der Waals surface area contributed by atoms with Crippen molar-refractivity contribution in [3.63, 3.8) is 0 Å². The van der Waals surface area contributed by atoms with Gasteiger partial charge in [-0.15, -0.1) is 0 Å². The maximum absolute atomic E-state index is 6.72. The number of fused-ring (bicyclic) bond motifs is 1. The lowest BCUT2D eigenvalue weighted by atomic mass is 10.0. The van der Waals surface area contributed by atoms with Gasteiger partial charge in [0, 0.05) is 20.8 Å². The number of nitrogens with one attached hydrogen (secondary N) is 2. The molecule has 2 fully saturated rings. The van der Waals surface area contributed by atoms with Crippen molar-refractivity contribution in [1.29, 1.82) is 5.53 Å². The lowest BCUT2D eigenvalue weighted by Crippen LogP contribution is -2.51. The first kappa shape index (κ1) is 14.2. The zero-order valence-electron chi connectivity index (χ0n) is 10.8. The quantitative estimate of drug-likeness (QED) is 0.425. The number of methoxy groups -OCH3 is 2. The van der Waals surface area contributed by atoms with Crippen LogP contribution < -0.4 is 10.2 Å². The molecule has 3 atom stereocenters. The summed E-state index contributed by atoms with van der Waals surface area (Å²) in [7, 11) is 3.19. The zero-order valence-corrected chi connectivity index (χ0v) is 10.8. The Kier molecular flexibility index (Phi) is 5.17. The van der Waals surface area contributed by atoms with E-state index in [0.717, 1.165) is 0 Å². The molecule has 7 heteroatoms. The fraction of sp³-hybridized carbons (Fsp3) is 1.00. The van der Waals surface area contributed by atoms with Gasteiger partial charge >= 0.3 is 0 Å². The number of hydrogen-bond acceptors (Lipinski definition) is 6. The SMILES string of the molecule is CC.COC1(OC)CO[C@@H]2C(N=[N+]=N)CN[C@@H]21. The minimum absolute atomic E-state index is 0.0528. The van der Waals surface area contributed by atoms with E-state index < -0.39 is 5.79 Å². The molecule has 0 radical (unpaired) electrons. The molecule has 2 aliphatic heterocycles. The molecule has 2 aliphatic rings. The number of nitrogens with zero attached hydrogens (tertiary/aromatic N) is 2. The second-order valence-corrected chi connectivity index (χ2v) is 3.66. The van der Waals surface area contributed by atoms with Crippen molar-refractivity contribution in [3.8, 4) is 0 Å². The molecule has 1 unspecified atom stereocenters. The van der Waals surface area contributed by atoms with Gasteiger partial charge in [0.2, 0.25) is 10.7 Å². The van der Waals surface area contributed by atoms with Gasteiger partial charge in [-0.2, -0.15) is 0 Å². The minimum Gasteiger partial charge on any atom is -0.368 e. The van der Waals surface area contributed by atoms with Gasteiger partial charge in [0.25, 0.3) is 0 Å².